The fourth-order valence-corrected chi connectivity index (χ4v) is 1.52. The lowest BCUT2D eigenvalue weighted by Crippen LogP contribution is -2.27. The molecule has 5 heteroatoms. The van der Waals surface area contributed by atoms with E-state index in [9.17, 15) is 8.78 Å². The Bertz CT molecular complexity index is 314. The monoisotopic (exact) mass is 230 g/mol. The molecule has 90 valence electrons. The van der Waals surface area contributed by atoms with Crippen molar-refractivity contribution in [3.63, 3.8) is 0 Å². The number of nitrogens with zero attached hydrogens (tertiary/aromatic N) is 1. The zero-order valence-corrected chi connectivity index (χ0v) is 9.36. The minimum absolute atomic E-state index is 0.0839. The normalized spacial score (nSPS) is 13.2. The van der Waals surface area contributed by atoms with E-state index < -0.39 is 6.61 Å². The highest BCUT2D eigenvalue weighted by Crippen LogP contribution is 2.21. The van der Waals surface area contributed by atoms with Crippen LogP contribution in [0.5, 0.6) is 5.75 Å². The Morgan fingerprint density at radius 2 is 1.81 bits per heavy atom. The lowest BCUT2D eigenvalue weighted by atomic mass is 10.1. The molecular formula is C11H16F2N2O. The summed E-state index contributed by atoms with van der Waals surface area (Å²) in [6, 6.07) is 6.62. The molecule has 0 aromatic heterocycles. The minimum Gasteiger partial charge on any atom is -0.435 e. The maximum Gasteiger partial charge on any atom is 0.387 e. The number of alkyl halides is 2. The predicted molar refractivity (Wildman–Crippen MR) is 58.6 cm³/mol. The summed E-state index contributed by atoms with van der Waals surface area (Å²) in [6.45, 7) is -2.31. The van der Waals surface area contributed by atoms with E-state index >= 15 is 0 Å². The van der Waals surface area contributed by atoms with Crippen molar-refractivity contribution in [1.29, 1.82) is 0 Å². The van der Waals surface area contributed by atoms with Crippen LogP contribution >= 0.6 is 0 Å². The van der Waals surface area contributed by atoms with Crippen molar-refractivity contribution in [2.45, 2.75) is 12.7 Å². The van der Waals surface area contributed by atoms with Crippen LogP contribution in [0.3, 0.4) is 0 Å². The predicted octanol–water partition coefficient (Wildman–Crippen LogP) is 1.85. The van der Waals surface area contributed by atoms with Crippen molar-refractivity contribution in [1.82, 2.24) is 4.90 Å². The van der Waals surface area contributed by atoms with Gasteiger partial charge < -0.3 is 15.4 Å². The first-order valence-corrected chi connectivity index (χ1v) is 4.96. The van der Waals surface area contributed by atoms with Crippen LogP contribution < -0.4 is 10.5 Å². The maximum absolute atomic E-state index is 11.9. The summed E-state index contributed by atoms with van der Waals surface area (Å²) in [5.74, 6) is 0.160. The quantitative estimate of drug-likeness (QED) is 0.839. The first-order valence-electron chi connectivity index (χ1n) is 4.96. The molecule has 0 bridgehead atoms. The van der Waals surface area contributed by atoms with E-state index in [-0.39, 0.29) is 11.8 Å². The molecule has 0 aliphatic heterocycles. The standard InChI is InChI=1S/C11H16F2N2O/c1-15(2)10(7-14)8-3-5-9(6-4-8)16-11(12)13/h3-6,10-11H,7,14H2,1-2H3. The lowest BCUT2D eigenvalue weighted by Gasteiger charge is -2.23. The third-order valence-electron chi connectivity index (χ3n) is 2.34. The zero-order chi connectivity index (χ0) is 12.1. The number of rotatable bonds is 5. The number of likely N-dealkylation sites (N-methyl/N-ethyl adjacent to an activating group) is 1. The smallest absolute Gasteiger partial charge is 0.387 e. The number of benzene rings is 1. The summed E-state index contributed by atoms with van der Waals surface area (Å²) in [5, 5.41) is 0. The molecule has 0 fully saturated rings. The van der Waals surface area contributed by atoms with Crippen LogP contribution in [-0.2, 0) is 0 Å². The third-order valence-corrected chi connectivity index (χ3v) is 2.34. The molecule has 0 amide bonds. The van der Waals surface area contributed by atoms with E-state index in [1.54, 1.807) is 12.1 Å². The Labute approximate surface area is 93.8 Å². The number of nitrogens with two attached hydrogens (primary N) is 1. The molecule has 0 aliphatic rings. The van der Waals surface area contributed by atoms with Crippen LogP contribution in [0.4, 0.5) is 8.78 Å². The number of halogens is 2. The Morgan fingerprint density at radius 1 is 1.25 bits per heavy atom. The van der Waals surface area contributed by atoms with Crippen molar-refractivity contribution < 1.29 is 13.5 Å². The molecule has 0 heterocycles. The van der Waals surface area contributed by atoms with Gasteiger partial charge in [0.2, 0.25) is 0 Å². The Hall–Kier alpha value is -1.20. The van der Waals surface area contributed by atoms with Gasteiger partial charge in [-0.15, -0.1) is 0 Å². The van der Waals surface area contributed by atoms with Crippen molar-refractivity contribution in [3.8, 4) is 5.75 Å². The maximum atomic E-state index is 11.9. The molecule has 1 aromatic carbocycles. The second-order valence-corrected chi connectivity index (χ2v) is 3.66. The van der Waals surface area contributed by atoms with Gasteiger partial charge in [0.15, 0.2) is 0 Å². The van der Waals surface area contributed by atoms with Crippen LogP contribution in [-0.4, -0.2) is 32.2 Å². The molecular weight excluding hydrogens is 214 g/mol. The summed E-state index contributed by atoms with van der Waals surface area (Å²) < 4.78 is 28.1. The second kappa shape index (κ2) is 5.77. The van der Waals surface area contributed by atoms with E-state index in [4.69, 9.17) is 5.73 Å². The summed E-state index contributed by atoms with van der Waals surface area (Å²) in [7, 11) is 3.84. The lowest BCUT2D eigenvalue weighted by molar-refractivity contribution is -0.0498. The fourth-order valence-electron chi connectivity index (χ4n) is 1.52. The molecule has 1 unspecified atom stereocenters. The van der Waals surface area contributed by atoms with Gasteiger partial charge in [-0.05, 0) is 31.8 Å². The second-order valence-electron chi connectivity index (χ2n) is 3.66. The van der Waals surface area contributed by atoms with E-state index in [0.717, 1.165) is 5.56 Å². The zero-order valence-electron chi connectivity index (χ0n) is 9.36. The molecule has 0 radical (unpaired) electrons. The van der Waals surface area contributed by atoms with Gasteiger partial charge in [-0.2, -0.15) is 8.78 Å². The SMILES string of the molecule is CN(C)C(CN)c1ccc(OC(F)F)cc1. The van der Waals surface area contributed by atoms with Gasteiger partial charge in [-0.3, -0.25) is 0 Å². The van der Waals surface area contributed by atoms with E-state index in [0.29, 0.717) is 6.54 Å². The summed E-state index contributed by atoms with van der Waals surface area (Å²) in [6.07, 6.45) is 0. The van der Waals surface area contributed by atoms with Gasteiger partial charge >= 0.3 is 6.61 Å². The number of hydrogen-bond acceptors (Lipinski definition) is 3. The summed E-state index contributed by atoms with van der Waals surface area (Å²) >= 11 is 0. The Morgan fingerprint density at radius 3 is 2.19 bits per heavy atom. The molecule has 0 saturated carbocycles. The minimum atomic E-state index is -2.79. The first kappa shape index (κ1) is 12.9. The molecule has 1 rings (SSSR count). The molecule has 16 heavy (non-hydrogen) atoms. The van der Waals surface area contributed by atoms with E-state index in [1.807, 2.05) is 19.0 Å². The first-order chi connectivity index (χ1) is 7.54. The van der Waals surface area contributed by atoms with E-state index in [1.165, 1.54) is 12.1 Å². The van der Waals surface area contributed by atoms with Crippen LogP contribution in [0.15, 0.2) is 24.3 Å². The molecule has 1 atom stereocenters. The molecule has 0 spiro atoms. The average molecular weight is 230 g/mol. The molecule has 0 aliphatic carbocycles. The van der Waals surface area contributed by atoms with Gasteiger partial charge in [0, 0.05) is 12.6 Å². The van der Waals surface area contributed by atoms with Crippen LogP contribution in [0.1, 0.15) is 11.6 Å². The van der Waals surface area contributed by atoms with Crippen LogP contribution in [0.25, 0.3) is 0 Å². The highest BCUT2D eigenvalue weighted by molar-refractivity contribution is 5.29. The molecule has 3 nitrogen and oxygen atoms in total. The van der Waals surface area contributed by atoms with Gasteiger partial charge in [0.25, 0.3) is 0 Å². The summed E-state index contributed by atoms with van der Waals surface area (Å²) in [5.41, 5.74) is 6.61. The van der Waals surface area contributed by atoms with Crippen LogP contribution in [0.2, 0.25) is 0 Å². The highest BCUT2D eigenvalue weighted by Gasteiger charge is 2.12. The number of ether oxygens (including phenoxy) is 1. The van der Waals surface area contributed by atoms with Crippen LogP contribution in [0, 0.1) is 0 Å². The topological polar surface area (TPSA) is 38.5 Å². The molecule has 1 aromatic rings. The highest BCUT2D eigenvalue weighted by atomic mass is 19.3. The van der Waals surface area contributed by atoms with E-state index in [2.05, 4.69) is 4.74 Å². The van der Waals surface area contributed by atoms with Gasteiger partial charge in [0.05, 0.1) is 0 Å². The van der Waals surface area contributed by atoms with Crippen molar-refractivity contribution >= 4 is 0 Å². The largest absolute Gasteiger partial charge is 0.435 e. The Balaban J connectivity index is 2.77. The average Bonchev–Trinajstić information content (AvgIpc) is 2.20. The Kier molecular flexibility index (Phi) is 4.64. The van der Waals surface area contributed by atoms with Gasteiger partial charge in [-0.1, -0.05) is 12.1 Å². The third kappa shape index (κ3) is 3.43. The van der Waals surface area contributed by atoms with Gasteiger partial charge in [-0.25, -0.2) is 0 Å². The van der Waals surface area contributed by atoms with Gasteiger partial charge in [0.1, 0.15) is 5.75 Å². The molecule has 2 N–H and O–H groups in total. The van der Waals surface area contributed by atoms with Crippen molar-refractivity contribution in [3.05, 3.63) is 29.8 Å². The molecule has 0 saturated heterocycles. The fraction of sp³-hybridized carbons (Fsp3) is 0.455. The number of hydrogen-bond donors (Lipinski definition) is 1. The summed E-state index contributed by atoms with van der Waals surface area (Å²) in [4.78, 5) is 1.98. The van der Waals surface area contributed by atoms with Crippen molar-refractivity contribution in [2.75, 3.05) is 20.6 Å². The van der Waals surface area contributed by atoms with Crippen molar-refractivity contribution in [2.24, 2.45) is 5.73 Å².